The maximum atomic E-state index is 12.1. The van der Waals surface area contributed by atoms with Gasteiger partial charge in [0, 0.05) is 24.6 Å². The van der Waals surface area contributed by atoms with Crippen LogP contribution in [0.2, 0.25) is 0 Å². The van der Waals surface area contributed by atoms with E-state index in [4.69, 9.17) is 0 Å². The van der Waals surface area contributed by atoms with E-state index in [2.05, 4.69) is 15.3 Å². The van der Waals surface area contributed by atoms with Gasteiger partial charge in [-0.25, -0.2) is 4.98 Å². The van der Waals surface area contributed by atoms with E-state index in [1.54, 1.807) is 6.33 Å². The van der Waals surface area contributed by atoms with Gasteiger partial charge in [0.25, 0.3) is 0 Å². The van der Waals surface area contributed by atoms with Crippen LogP contribution in [0.5, 0.6) is 0 Å². The van der Waals surface area contributed by atoms with Crippen LogP contribution >= 0.6 is 0 Å². The Morgan fingerprint density at radius 3 is 3.00 bits per heavy atom. The Bertz CT molecular complexity index is 434. The molecule has 1 saturated carbocycles. The summed E-state index contributed by atoms with van der Waals surface area (Å²) < 4.78 is 0. The average molecular weight is 261 g/mol. The van der Waals surface area contributed by atoms with Gasteiger partial charge in [-0.15, -0.1) is 0 Å². The molecule has 1 fully saturated rings. The third-order valence-electron chi connectivity index (χ3n) is 4.55. The van der Waals surface area contributed by atoms with Crippen molar-refractivity contribution >= 4 is 5.91 Å². The average Bonchev–Trinajstić information content (AvgIpc) is 2.87. The molecule has 0 saturated heterocycles. The lowest BCUT2D eigenvalue weighted by atomic mass is 9.86. The lowest BCUT2D eigenvalue weighted by molar-refractivity contribution is -0.123. The van der Waals surface area contributed by atoms with Crippen molar-refractivity contribution in [1.29, 1.82) is 0 Å². The molecule has 2 N–H and O–H groups in total. The zero-order valence-electron chi connectivity index (χ0n) is 11.5. The first-order valence-electron chi connectivity index (χ1n) is 7.62. The van der Waals surface area contributed by atoms with Crippen LogP contribution in [-0.2, 0) is 17.6 Å². The highest BCUT2D eigenvalue weighted by Crippen LogP contribution is 2.26. The highest BCUT2D eigenvalue weighted by molar-refractivity contribution is 5.76. The van der Waals surface area contributed by atoms with Crippen LogP contribution in [0, 0.1) is 5.92 Å². The van der Waals surface area contributed by atoms with Crippen LogP contribution < -0.4 is 5.32 Å². The standard InChI is InChI=1S/C15H23N3O/c19-15(8-11-4-2-1-3-5-11)18-12-6-7-13-14(9-12)17-10-16-13/h10-12H,1-9H2,(H,16,17)(H,18,19). The molecule has 2 aliphatic carbocycles. The number of nitrogens with one attached hydrogen (secondary N) is 2. The summed E-state index contributed by atoms with van der Waals surface area (Å²) in [5.74, 6) is 0.870. The fourth-order valence-corrected chi connectivity index (χ4v) is 3.46. The van der Waals surface area contributed by atoms with Gasteiger partial charge in [0.15, 0.2) is 0 Å². The number of aromatic nitrogens is 2. The first kappa shape index (κ1) is 12.7. The maximum absolute atomic E-state index is 12.1. The van der Waals surface area contributed by atoms with Crippen LogP contribution in [0.25, 0.3) is 0 Å². The van der Waals surface area contributed by atoms with Gasteiger partial charge >= 0.3 is 0 Å². The summed E-state index contributed by atoms with van der Waals surface area (Å²) in [6.45, 7) is 0. The maximum Gasteiger partial charge on any atom is 0.220 e. The molecular formula is C15H23N3O. The van der Waals surface area contributed by atoms with Crippen molar-refractivity contribution < 1.29 is 4.79 Å². The summed E-state index contributed by atoms with van der Waals surface area (Å²) in [5, 5.41) is 3.20. The van der Waals surface area contributed by atoms with E-state index in [1.165, 1.54) is 37.8 Å². The van der Waals surface area contributed by atoms with E-state index in [1.807, 2.05) is 0 Å². The summed E-state index contributed by atoms with van der Waals surface area (Å²) in [6.07, 6.45) is 11.8. The number of amides is 1. The number of H-pyrrole nitrogens is 1. The van der Waals surface area contributed by atoms with Crippen molar-refractivity contribution in [3.05, 3.63) is 17.7 Å². The number of hydrogen-bond donors (Lipinski definition) is 2. The molecule has 1 atom stereocenters. The lowest BCUT2D eigenvalue weighted by Crippen LogP contribution is -2.39. The van der Waals surface area contributed by atoms with Gasteiger partial charge in [-0.3, -0.25) is 4.79 Å². The minimum Gasteiger partial charge on any atom is -0.353 e. The van der Waals surface area contributed by atoms with Gasteiger partial charge in [0.1, 0.15) is 0 Å². The molecule has 104 valence electrons. The summed E-state index contributed by atoms with van der Waals surface area (Å²) in [5.41, 5.74) is 2.38. The van der Waals surface area contributed by atoms with Crippen molar-refractivity contribution in [3.63, 3.8) is 0 Å². The summed E-state index contributed by atoms with van der Waals surface area (Å²) in [6, 6.07) is 0.284. The zero-order valence-corrected chi connectivity index (χ0v) is 11.5. The third kappa shape index (κ3) is 3.17. The Kier molecular flexibility index (Phi) is 3.85. The van der Waals surface area contributed by atoms with Gasteiger partial charge in [0.2, 0.25) is 5.91 Å². The van der Waals surface area contributed by atoms with Gasteiger partial charge in [-0.2, -0.15) is 0 Å². The minimum absolute atomic E-state index is 0.246. The number of carbonyl (C=O) groups excluding carboxylic acids is 1. The van der Waals surface area contributed by atoms with Gasteiger partial charge in [0.05, 0.1) is 12.0 Å². The fraction of sp³-hybridized carbons (Fsp3) is 0.733. The molecule has 0 bridgehead atoms. The van der Waals surface area contributed by atoms with Crippen molar-refractivity contribution in [2.75, 3.05) is 0 Å². The van der Waals surface area contributed by atoms with Crippen LogP contribution in [0.15, 0.2) is 6.33 Å². The highest BCUT2D eigenvalue weighted by atomic mass is 16.1. The SMILES string of the molecule is O=C(CC1CCCCC1)NC1CCc2[nH]cnc2C1. The van der Waals surface area contributed by atoms with E-state index in [-0.39, 0.29) is 11.9 Å². The quantitative estimate of drug-likeness (QED) is 0.877. The molecule has 0 aliphatic heterocycles. The molecule has 0 radical (unpaired) electrons. The molecule has 1 aromatic rings. The minimum atomic E-state index is 0.246. The fourth-order valence-electron chi connectivity index (χ4n) is 3.46. The first-order valence-corrected chi connectivity index (χ1v) is 7.62. The molecule has 4 nitrogen and oxygen atoms in total. The Labute approximate surface area is 114 Å². The Morgan fingerprint density at radius 1 is 1.32 bits per heavy atom. The predicted octanol–water partition coefficient (Wildman–Crippen LogP) is 2.35. The molecule has 0 aromatic carbocycles. The molecule has 1 heterocycles. The molecule has 0 spiro atoms. The number of carbonyl (C=O) groups is 1. The van der Waals surface area contributed by atoms with Crippen LogP contribution in [0.3, 0.4) is 0 Å². The Balaban J connectivity index is 1.47. The number of aryl methyl sites for hydroxylation is 1. The third-order valence-corrected chi connectivity index (χ3v) is 4.55. The molecule has 2 aliphatic rings. The summed E-state index contributed by atoms with van der Waals surface area (Å²) in [7, 11) is 0. The van der Waals surface area contributed by atoms with E-state index in [0.29, 0.717) is 5.92 Å². The topological polar surface area (TPSA) is 57.8 Å². The van der Waals surface area contributed by atoms with Crippen LogP contribution in [-0.4, -0.2) is 21.9 Å². The number of fused-ring (bicyclic) bond motifs is 1. The molecular weight excluding hydrogens is 238 g/mol. The van der Waals surface area contributed by atoms with Crippen molar-refractivity contribution in [3.8, 4) is 0 Å². The zero-order chi connectivity index (χ0) is 13.1. The second-order valence-electron chi connectivity index (χ2n) is 6.04. The predicted molar refractivity (Wildman–Crippen MR) is 73.7 cm³/mol. The van der Waals surface area contributed by atoms with Crippen LogP contribution in [0.1, 0.15) is 56.3 Å². The van der Waals surface area contributed by atoms with Gasteiger partial charge < -0.3 is 10.3 Å². The number of imidazole rings is 1. The monoisotopic (exact) mass is 261 g/mol. The lowest BCUT2D eigenvalue weighted by Gasteiger charge is -2.25. The molecule has 19 heavy (non-hydrogen) atoms. The number of rotatable bonds is 3. The molecule has 1 amide bonds. The smallest absolute Gasteiger partial charge is 0.220 e. The normalized spacial score (nSPS) is 23.9. The van der Waals surface area contributed by atoms with E-state index < -0.39 is 0 Å². The van der Waals surface area contributed by atoms with E-state index in [0.717, 1.165) is 31.4 Å². The largest absolute Gasteiger partial charge is 0.353 e. The van der Waals surface area contributed by atoms with Gasteiger partial charge in [-0.05, 0) is 31.6 Å². The summed E-state index contributed by atoms with van der Waals surface area (Å²) >= 11 is 0. The number of nitrogens with zero attached hydrogens (tertiary/aromatic N) is 1. The number of aromatic amines is 1. The van der Waals surface area contributed by atoms with Crippen molar-refractivity contribution in [2.45, 2.75) is 63.8 Å². The van der Waals surface area contributed by atoms with Gasteiger partial charge in [-0.1, -0.05) is 19.3 Å². The second kappa shape index (κ2) is 5.76. The van der Waals surface area contributed by atoms with Crippen LogP contribution in [0.4, 0.5) is 0 Å². The highest BCUT2D eigenvalue weighted by Gasteiger charge is 2.23. The van der Waals surface area contributed by atoms with E-state index in [9.17, 15) is 4.79 Å². The molecule has 1 unspecified atom stereocenters. The second-order valence-corrected chi connectivity index (χ2v) is 6.04. The molecule has 3 rings (SSSR count). The molecule has 1 aromatic heterocycles. The van der Waals surface area contributed by atoms with Crippen molar-refractivity contribution in [2.24, 2.45) is 5.92 Å². The summed E-state index contributed by atoms with van der Waals surface area (Å²) in [4.78, 5) is 19.6. The number of hydrogen-bond acceptors (Lipinski definition) is 2. The first-order chi connectivity index (χ1) is 9.31. The van der Waals surface area contributed by atoms with E-state index >= 15 is 0 Å². The molecule has 4 heteroatoms. The Hall–Kier alpha value is -1.32. The Morgan fingerprint density at radius 2 is 2.16 bits per heavy atom. The van der Waals surface area contributed by atoms with Crippen molar-refractivity contribution in [1.82, 2.24) is 15.3 Å².